The van der Waals surface area contributed by atoms with Gasteiger partial charge in [0.2, 0.25) is 0 Å². The summed E-state index contributed by atoms with van der Waals surface area (Å²) in [5.41, 5.74) is -1.55. The molecule has 0 amide bonds. The third-order valence-corrected chi connectivity index (χ3v) is 7.76. The van der Waals surface area contributed by atoms with Gasteiger partial charge in [0.15, 0.2) is 23.7 Å². The standard InChI is InChI=1S/C35H30F8O3/c1-2-3-4-5-6-20-18-44-34(45-19-20)22-9-7-21(8-10-22)23-13-28(37)32(29(38)14-23)35(42,43)46-25-11-12-26(27(36)17-25)24-15-30(39)33(41)31(40)16-24/h7-17,20,34H,2-6,18-19H2,1H3. The minimum atomic E-state index is -4.58. The van der Waals surface area contributed by atoms with E-state index in [1.54, 1.807) is 24.3 Å². The summed E-state index contributed by atoms with van der Waals surface area (Å²) in [5.74, 6) is -9.92. The molecular weight excluding hydrogens is 620 g/mol. The smallest absolute Gasteiger partial charge is 0.429 e. The van der Waals surface area contributed by atoms with Gasteiger partial charge in [-0.2, -0.15) is 8.78 Å². The van der Waals surface area contributed by atoms with E-state index in [-0.39, 0.29) is 5.56 Å². The number of unbranched alkanes of at least 4 members (excludes halogenated alkanes) is 3. The molecule has 1 heterocycles. The van der Waals surface area contributed by atoms with Crippen LogP contribution >= 0.6 is 0 Å². The molecule has 0 saturated carbocycles. The van der Waals surface area contributed by atoms with Crippen molar-refractivity contribution in [3.05, 3.63) is 113 Å². The van der Waals surface area contributed by atoms with Crippen LogP contribution < -0.4 is 4.74 Å². The van der Waals surface area contributed by atoms with Crippen LogP contribution in [0.4, 0.5) is 35.1 Å². The van der Waals surface area contributed by atoms with Gasteiger partial charge in [-0.25, -0.2) is 26.3 Å². The molecule has 0 bridgehead atoms. The molecule has 46 heavy (non-hydrogen) atoms. The molecule has 0 radical (unpaired) electrons. The quantitative estimate of drug-likeness (QED) is 0.0919. The Bertz CT molecular complexity index is 1620. The van der Waals surface area contributed by atoms with E-state index in [0.717, 1.165) is 43.5 Å². The number of halogens is 8. The summed E-state index contributed by atoms with van der Waals surface area (Å²) in [4.78, 5) is 0. The Labute approximate surface area is 260 Å². The fourth-order valence-electron chi connectivity index (χ4n) is 5.32. The largest absolute Gasteiger partial charge is 0.432 e. The summed E-state index contributed by atoms with van der Waals surface area (Å²) in [5, 5.41) is 0. The van der Waals surface area contributed by atoms with Crippen LogP contribution in [0, 0.1) is 40.8 Å². The molecule has 4 aromatic carbocycles. The Balaban J connectivity index is 1.26. The zero-order chi connectivity index (χ0) is 33.0. The second-order valence-electron chi connectivity index (χ2n) is 11.2. The summed E-state index contributed by atoms with van der Waals surface area (Å²) in [6.07, 6.45) is 0.498. The number of hydrogen-bond acceptors (Lipinski definition) is 3. The van der Waals surface area contributed by atoms with E-state index in [1.807, 2.05) is 0 Å². The first kappa shape index (κ1) is 33.4. The molecule has 0 spiro atoms. The molecule has 0 N–H and O–H groups in total. The third kappa shape index (κ3) is 7.53. The second-order valence-corrected chi connectivity index (χ2v) is 11.2. The number of rotatable bonds is 11. The number of alkyl halides is 2. The molecular formula is C35H30F8O3. The molecule has 0 atom stereocenters. The van der Waals surface area contributed by atoms with Crippen molar-refractivity contribution in [3.8, 4) is 28.0 Å². The molecule has 1 aliphatic rings. The maximum atomic E-state index is 15.0. The van der Waals surface area contributed by atoms with Crippen LogP contribution in [-0.4, -0.2) is 13.2 Å². The van der Waals surface area contributed by atoms with Gasteiger partial charge in [0.1, 0.15) is 28.8 Å². The lowest BCUT2D eigenvalue weighted by Gasteiger charge is -2.29. The van der Waals surface area contributed by atoms with Crippen LogP contribution in [0.2, 0.25) is 0 Å². The van der Waals surface area contributed by atoms with Crippen molar-refractivity contribution in [2.24, 2.45) is 5.92 Å². The van der Waals surface area contributed by atoms with Crippen molar-refractivity contribution in [1.29, 1.82) is 0 Å². The van der Waals surface area contributed by atoms with Crippen molar-refractivity contribution in [2.45, 2.75) is 51.4 Å². The molecule has 3 nitrogen and oxygen atoms in total. The Kier molecular flexibility index (Phi) is 10.3. The summed E-state index contributed by atoms with van der Waals surface area (Å²) in [6.45, 7) is 3.26. The van der Waals surface area contributed by atoms with Gasteiger partial charge in [-0.3, -0.25) is 0 Å². The lowest BCUT2D eigenvalue weighted by molar-refractivity contribution is -0.206. The van der Waals surface area contributed by atoms with Gasteiger partial charge in [0.25, 0.3) is 0 Å². The molecule has 1 aliphatic heterocycles. The first-order valence-corrected chi connectivity index (χ1v) is 14.8. The number of hydrogen-bond donors (Lipinski definition) is 0. The van der Waals surface area contributed by atoms with Crippen LogP contribution in [-0.2, 0) is 15.6 Å². The first-order chi connectivity index (χ1) is 22.0. The lowest BCUT2D eigenvalue weighted by Crippen LogP contribution is -2.27. The van der Waals surface area contributed by atoms with Gasteiger partial charge in [-0.15, -0.1) is 0 Å². The predicted octanol–water partition coefficient (Wildman–Crippen LogP) is 10.6. The molecule has 11 heteroatoms. The van der Waals surface area contributed by atoms with E-state index in [1.165, 1.54) is 12.8 Å². The van der Waals surface area contributed by atoms with E-state index in [2.05, 4.69) is 11.7 Å². The van der Waals surface area contributed by atoms with Gasteiger partial charge in [-0.05, 0) is 59.5 Å². The summed E-state index contributed by atoms with van der Waals surface area (Å²) < 4.78 is 131. The van der Waals surface area contributed by atoms with Crippen molar-refractivity contribution < 1.29 is 49.3 Å². The molecule has 4 aromatic rings. The Morgan fingerprint density at radius 1 is 0.674 bits per heavy atom. The Morgan fingerprint density at radius 2 is 1.28 bits per heavy atom. The molecule has 1 fully saturated rings. The molecule has 5 rings (SSSR count). The van der Waals surface area contributed by atoms with E-state index in [9.17, 15) is 35.1 Å². The molecule has 1 saturated heterocycles. The van der Waals surface area contributed by atoms with E-state index in [4.69, 9.17) is 9.47 Å². The predicted molar refractivity (Wildman–Crippen MR) is 155 cm³/mol. The fraction of sp³-hybridized carbons (Fsp3) is 0.314. The second kappa shape index (κ2) is 14.2. The van der Waals surface area contributed by atoms with Gasteiger partial charge in [0, 0.05) is 23.1 Å². The maximum absolute atomic E-state index is 15.0. The molecule has 0 aromatic heterocycles. The van der Waals surface area contributed by atoms with Crippen LogP contribution in [0.5, 0.6) is 5.75 Å². The average Bonchev–Trinajstić information content (AvgIpc) is 3.01. The molecule has 0 unspecified atom stereocenters. The average molecular weight is 651 g/mol. The Morgan fingerprint density at radius 3 is 1.87 bits per heavy atom. The maximum Gasteiger partial charge on any atom is 0.432 e. The summed E-state index contributed by atoms with van der Waals surface area (Å²) in [7, 11) is 0. The van der Waals surface area contributed by atoms with Gasteiger partial charge < -0.3 is 14.2 Å². The highest BCUT2D eigenvalue weighted by molar-refractivity contribution is 5.66. The van der Waals surface area contributed by atoms with Crippen LogP contribution in [0.3, 0.4) is 0 Å². The van der Waals surface area contributed by atoms with Crippen molar-refractivity contribution in [2.75, 3.05) is 13.2 Å². The zero-order valence-corrected chi connectivity index (χ0v) is 24.7. The number of benzene rings is 4. The molecule has 0 aliphatic carbocycles. The van der Waals surface area contributed by atoms with Crippen molar-refractivity contribution in [3.63, 3.8) is 0 Å². The van der Waals surface area contributed by atoms with E-state index >= 15 is 0 Å². The monoisotopic (exact) mass is 650 g/mol. The van der Waals surface area contributed by atoms with E-state index < -0.39 is 69.7 Å². The summed E-state index contributed by atoms with van der Waals surface area (Å²) in [6, 6.07) is 11.0. The van der Waals surface area contributed by atoms with Gasteiger partial charge in [-0.1, -0.05) is 56.9 Å². The highest BCUT2D eigenvalue weighted by Crippen LogP contribution is 2.39. The topological polar surface area (TPSA) is 27.7 Å². The number of ether oxygens (including phenoxy) is 3. The van der Waals surface area contributed by atoms with Crippen molar-refractivity contribution in [1.82, 2.24) is 0 Å². The van der Waals surface area contributed by atoms with Crippen molar-refractivity contribution >= 4 is 0 Å². The normalized spacial score (nSPS) is 16.9. The van der Waals surface area contributed by atoms with Crippen LogP contribution in [0.15, 0.2) is 66.7 Å². The van der Waals surface area contributed by atoms with Gasteiger partial charge >= 0.3 is 6.11 Å². The summed E-state index contributed by atoms with van der Waals surface area (Å²) >= 11 is 0. The Hall–Kier alpha value is -3.96. The minimum Gasteiger partial charge on any atom is -0.429 e. The SMILES string of the molecule is CCCCCCC1COC(c2ccc(-c3cc(F)c(C(F)(F)Oc4ccc(-c5cc(F)c(F)c(F)c5)c(F)c4)c(F)c3)cc2)OC1. The van der Waals surface area contributed by atoms with E-state index in [0.29, 0.717) is 48.5 Å². The van der Waals surface area contributed by atoms with Crippen LogP contribution in [0.25, 0.3) is 22.3 Å². The van der Waals surface area contributed by atoms with Gasteiger partial charge in [0.05, 0.1) is 13.2 Å². The minimum absolute atomic E-state index is 0.0205. The van der Waals surface area contributed by atoms with Crippen LogP contribution in [0.1, 0.15) is 56.4 Å². The highest BCUT2D eigenvalue weighted by Gasteiger charge is 2.41. The zero-order valence-electron chi connectivity index (χ0n) is 24.7. The third-order valence-electron chi connectivity index (χ3n) is 7.76. The molecule has 244 valence electrons. The fourth-order valence-corrected chi connectivity index (χ4v) is 5.32. The first-order valence-electron chi connectivity index (χ1n) is 14.8. The lowest BCUT2D eigenvalue weighted by atomic mass is 10.00. The highest BCUT2D eigenvalue weighted by atomic mass is 19.3.